The van der Waals surface area contributed by atoms with Crippen molar-refractivity contribution in [2.45, 2.75) is 6.04 Å². The van der Waals surface area contributed by atoms with Crippen LogP contribution in [0.2, 0.25) is 0 Å². The van der Waals surface area contributed by atoms with Gasteiger partial charge in [-0.25, -0.2) is 13.8 Å². The third kappa shape index (κ3) is 3.25. The predicted molar refractivity (Wildman–Crippen MR) is 117 cm³/mol. The highest BCUT2D eigenvalue weighted by Gasteiger charge is 2.48. The molecule has 1 N–H and O–H groups in total. The van der Waals surface area contributed by atoms with E-state index in [1.54, 1.807) is 30.3 Å². The summed E-state index contributed by atoms with van der Waals surface area (Å²) >= 11 is 1.07. The first-order chi connectivity index (χ1) is 15.4. The molecule has 1 amide bonds. The number of fused-ring (bicyclic) bond motifs is 1. The Morgan fingerprint density at radius 1 is 0.938 bits per heavy atom. The van der Waals surface area contributed by atoms with Gasteiger partial charge < -0.3 is 5.11 Å². The molecule has 0 bridgehead atoms. The Hall–Kier alpha value is -3.91. The minimum Gasteiger partial charge on any atom is -0.507 e. The summed E-state index contributed by atoms with van der Waals surface area (Å²) in [5.41, 5.74) is 1.15. The van der Waals surface area contributed by atoms with Crippen LogP contribution in [0.5, 0.6) is 0 Å². The number of hydrogen-bond acceptors (Lipinski definition) is 5. The van der Waals surface area contributed by atoms with Gasteiger partial charge in [-0.2, -0.15) is 0 Å². The predicted octanol–water partition coefficient (Wildman–Crippen LogP) is 5.20. The average Bonchev–Trinajstić information content (AvgIpc) is 3.32. The molecule has 1 atom stereocenters. The summed E-state index contributed by atoms with van der Waals surface area (Å²) in [5, 5.41) is 11.2. The van der Waals surface area contributed by atoms with Crippen LogP contribution in [-0.2, 0) is 9.59 Å². The van der Waals surface area contributed by atoms with Crippen molar-refractivity contribution in [1.29, 1.82) is 0 Å². The molecule has 0 radical (unpaired) electrons. The Balaban J connectivity index is 1.72. The molecule has 2 heterocycles. The molecule has 0 spiro atoms. The Kier molecular flexibility index (Phi) is 4.79. The van der Waals surface area contributed by atoms with Crippen molar-refractivity contribution in [2.75, 3.05) is 4.90 Å². The Morgan fingerprint density at radius 2 is 1.62 bits per heavy atom. The number of ketones is 1. The second kappa shape index (κ2) is 7.65. The lowest BCUT2D eigenvalue weighted by atomic mass is 9.95. The molecular weight excluding hydrogens is 434 g/mol. The molecule has 0 unspecified atom stereocenters. The molecule has 1 aliphatic rings. The zero-order valence-electron chi connectivity index (χ0n) is 16.3. The van der Waals surface area contributed by atoms with Gasteiger partial charge in [0.05, 0.1) is 21.8 Å². The van der Waals surface area contributed by atoms with Crippen molar-refractivity contribution < 1.29 is 23.5 Å². The van der Waals surface area contributed by atoms with E-state index in [2.05, 4.69) is 4.98 Å². The number of halogens is 2. The van der Waals surface area contributed by atoms with Crippen LogP contribution in [0.1, 0.15) is 17.2 Å². The summed E-state index contributed by atoms with van der Waals surface area (Å²) in [5.74, 6) is -3.09. The number of aliphatic hydroxyl groups is 1. The van der Waals surface area contributed by atoms with Crippen molar-refractivity contribution >= 4 is 44.1 Å². The molecular formula is C24H14F2N2O3S. The van der Waals surface area contributed by atoms with E-state index in [4.69, 9.17) is 0 Å². The summed E-state index contributed by atoms with van der Waals surface area (Å²) in [6, 6.07) is 16.9. The fraction of sp³-hybridized carbons (Fsp3) is 0.0417. The third-order valence-electron chi connectivity index (χ3n) is 5.22. The monoisotopic (exact) mass is 448 g/mol. The van der Waals surface area contributed by atoms with Crippen LogP contribution < -0.4 is 4.90 Å². The first kappa shape index (κ1) is 20.0. The molecule has 0 aliphatic carbocycles. The van der Waals surface area contributed by atoms with Crippen molar-refractivity contribution in [3.05, 3.63) is 101 Å². The van der Waals surface area contributed by atoms with E-state index in [9.17, 15) is 23.5 Å². The van der Waals surface area contributed by atoms with E-state index in [0.29, 0.717) is 15.8 Å². The van der Waals surface area contributed by atoms with Crippen LogP contribution in [0.3, 0.4) is 0 Å². The van der Waals surface area contributed by atoms with Crippen molar-refractivity contribution in [3.63, 3.8) is 0 Å². The van der Waals surface area contributed by atoms with Gasteiger partial charge in [0.15, 0.2) is 5.13 Å². The van der Waals surface area contributed by atoms with E-state index in [1.165, 1.54) is 35.2 Å². The van der Waals surface area contributed by atoms with E-state index in [-0.39, 0.29) is 16.3 Å². The SMILES string of the molecule is O=C1C(=O)N(c2nc3ccc(F)cc3s2)[C@H](c2ccccc2)/C1=C(\O)c1ccc(F)cc1. The molecule has 1 aliphatic heterocycles. The first-order valence-electron chi connectivity index (χ1n) is 9.62. The number of thiazole rings is 1. The summed E-state index contributed by atoms with van der Waals surface area (Å²) < 4.78 is 27.5. The van der Waals surface area contributed by atoms with Crippen molar-refractivity contribution in [2.24, 2.45) is 0 Å². The molecule has 0 saturated carbocycles. The van der Waals surface area contributed by atoms with Gasteiger partial charge in [-0.3, -0.25) is 14.5 Å². The Labute approximate surface area is 184 Å². The molecule has 4 aromatic rings. The van der Waals surface area contributed by atoms with E-state index in [1.807, 2.05) is 0 Å². The van der Waals surface area contributed by atoms with Crippen LogP contribution >= 0.6 is 11.3 Å². The number of carbonyl (C=O) groups excluding carboxylic acids is 2. The fourth-order valence-electron chi connectivity index (χ4n) is 3.73. The first-order valence-corrected chi connectivity index (χ1v) is 10.4. The lowest BCUT2D eigenvalue weighted by molar-refractivity contribution is -0.132. The summed E-state index contributed by atoms with van der Waals surface area (Å²) in [4.78, 5) is 31.8. The molecule has 1 saturated heterocycles. The minimum atomic E-state index is -0.952. The van der Waals surface area contributed by atoms with Gasteiger partial charge in [-0.15, -0.1) is 0 Å². The van der Waals surface area contributed by atoms with Crippen molar-refractivity contribution in [3.8, 4) is 0 Å². The number of amides is 1. The van der Waals surface area contributed by atoms with E-state index < -0.39 is 35.1 Å². The van der Waals surface area contributed by atoms with Gasteiger partial charge in [-0.05, 0) is 48.0 Å². The van der Waals surface area contributed by atoms with Crippen LogP contribution in [0.15, 0.2) is 78.4 Å². The molecule has 5 nitrogen and oxygen atoms in total. The molecule has 32 heavy (non-hydrogen) atoms. The van der Waals surface area contributed by atoms with Gasteiger partial charge in [0, 0.05) is 5.56 Å². The number of Topliss-reactive ketones (excluding diaryl/α,β-unsaturated/α-hetero) is 1. The third-order valence-corrected chi connectivity index (χ3v) is 6.24. The maximum Gasteiger partial charge on any atom is 0.301 e. The number of nitrogens with zero attached hydrogens (tertiary/aromatic N) is 2. The highest BCUT2D eigenvalue weighted by Crippen LogP contribution is 2.44. The summed E-state index contributed by atoms with van der Waals surface area (Å²) in [6.07, 6.45) is 0. The smallest absolute Gasteiger partial charge is 0.301 e. The molecule has 5 rings (SSSR count). The maximum absolute atomic E-state index is 13.7. The standard InChI is InChI=1S/C24H14F2N2O3S/c25-15-8-6-14(7-9-15)21(29)19-20(13-4-2-1-3-5-13)28(23(31)22(19)30)24-27-17-11-10-16(26)12-18(17)32-24/h1-12,20,29H/b21-19+/t20-/m1/s1. The average molecular weight is 448 g/mol. The Bertz CT molecular complexity index is 1400. The Morgan fingerprint density at radius 3 is 2.34 bits per heavy atom. The van der Waals surface area contributed by atoms with E-state index in [0.717, 1.165) is 23.5 Å². The number of benzene rings is 3. The molecule has 1 fully saturated rings. The van der Waals surface area contributed by atoms with Crippen LogP contribution in [0, 0.1) is 11.6 Å². The van der Waals surface area contributed by atoms with Gasteiger partial charge in [0.25, 0.3) is 5.78 Å². The van der Waals surface area contributed by atoms with Crippen LogP contribution in [-0.4, -0.2) is 21.8 Å². The zero-order valence-corrected chi connectivity index (χ0v) is 17.1. The topological polar surface area (TPSA) is 70.5 Å². The number of aromatic nitrogens is 1. The van der Waals surface area contributed by atoms with Crippen LogP contribution in [0.25, 0.3) is 16.0 Å². The number of carbonyl (C=O) groups is 2. The molecule has 1 aromatic heterocycles. The quantitative estimate of drug-likeness (QED) is 0.266. The van der Waals surface area contributed by atoms with E-state index >= 15 is 0 Å². The van der Waals surface area contributed by atoms with Gasteiger partial charge >= 0.3 is 5.91 Å². The molecule has 8 heteroatoms. The highest BCUT2D eigenvalue weighted by atomic mass is 32.1. The summed E-state index contributed by atoms with van der Waals surface area (Å²) in [7, 11) is 0. The lowest BCUT2D eigenvalue weighted by Gasteiger charge is -2.22. The molecule has 3 aromatic carbocycles. The zero-order chi connectivity index (χ0) is 22.4. The minimum absolute atomic E-state index is 0.127. The number of hydrogen-bond donors (Lipinski definition) is 1. The normalized spacial score (nSPS) is 17.9. The highest BCUT2D eigenvalue weighted by molar-refractivity contribution is 7.22. The maximum atomic E-state index is 13.7. The number of rotatable bonds is 3. The van der Waals surface area contributed by atoms with Gasteiger partial charge in [-0.1, -0.05) is 41.7 Å². The van der Waals surface area contributed by atoms with Crippen molar-refractivity contribution in [1.82, 2.24) is 4.98 Å². The second-order valence-electron chi connectivity index (χ2n) is 7.20. The summed E-state index contributed by atoms with van der Waals surface area (Å²) in [6.45, 7) is 0. The lowest BCUT2D eigenvalue weighted by Crippen LogP contribution is -2.29. The largest absolute Gasteiger partial charge is 0.507 e. The second-order valence-corrected chi connectivity index (χ2v) is 8.20. The van der Waals surface area contributed by atoms with Gasteiger partial charge in [0.1, 0.15) is 17.4 Å². The van der Waals surface area contributed by atoms with Crippen LogP contribution in [0.4, 0.5) is 13.9 Å². The molecule has 158 valence electrons. The van der Waals surface area contributed by atoms with Gasteiger partial charge in [0.2, 0.25) is 0 Å². The fourth-order valence-corrected chi connectivity index (χ4v) is 4.75. The number of aliphatic hydroxyl groups excluding tert-OH is 1. The number of anilines is 1.